The topological polar surface area (TPSA) is 55.7 Å². The van der Waals surface area contributed by atoms with Gasteiger partial charge in [-0.15, -0.1) is 0 Å². The third-order valence-corrected chi connectivity index (χ3v) is 4.40. The molecule has 18 heavy (non-hydrogen) atoms. The molecule has 100 valence electrons. The third-order valence-electron chi connectivity index (χ3n) is 3.19. The number of nitrogens with one attached hydrogen (secondary N) is 1. The molecule has 6 heteroatoms. The Labute approximate surface area is 123 Å². The molecule has 1 aliphatic heterocycles. The lowest BCUT2D eigenvalue weighted by atomic mass is 10.1. The molecule has 4 nitrogen and oxygen atoms in total. The lowest BCUT2D eigenvalue weighted by molar-refractivity contribution is 0.110. The Balaban J connectivity index is 2.26. The molecule has 2 rings (SSSR count). The molecule has 0 radical (unpaired) electrons. The molecule has 1 aromatic rings. The normalized spacial score (nSPS) is 18.8. The van der Waals surface area contributed by atoms with Crippen molar-refractivity contribution in [2.24, 2.45) is 0 Å². The minimum atomic E-state index is -0.0275. The van der Waals surface area contributed by atoms with E-state index in [0.29, 0.717) is 8.95 Å². The first-order valence-corrected chi connectivity index (χ1v) is 7.45. The summed E-state index contributed by atoms with van der Waals surface area (Å²) in [6, 6.07) is 3.70. The Morgan fingerprint density at radius 2 is 1.78 bits per heavy atom. The molecule has 1 aliphatic rings. The van der Waals surface area contributed by atoms with Crippen molar-refractivity contribution in [1.29, 1.82) is 0 Å². The molecule has 1 atom stereocenters. The summed E-state index contributed by atoms with van der Waals surface area (Å²) in [7, 11) is 0. The molecule has 1 heterocycles. The zero-order valence-corrected chi connectivity index (χ0v) is 13.0. The van der Waals surface area contributed by atoms with Crippen molar-refractivity contribution in [2.45, 2.75) is 6.04 Å². The van der Waals surface area contributed by atoms with E-state index in [9.17, 15) is 10.2 Å². The van der Waals surface area contributed by atoms with Crippen molar-refractivity contribution in [3.63, 3.8) is 0 Å². The summed E-state index contributed by atoms with van der Waals surface area (Å²) in [6.07, 6.45) is 0. The van der Waals surface area contributed by atoms with Crippen molar-refractivity contribution in [3.8, 4) is 5.75 Å². The highest BCUT2D eigenvalue weighted by molar-refractivity contribution is 9.11. The number of halogens is 2. The molecule has 0 saturated carbocycles. The van der Waals surface area contributed by atoms with Crippen molar-refractivity contribution >= 4 is 31.9 Å². The first-order valence-electron chi connectivity index (χ1n) is 5.87. The maximum Gasteiger partial charge on any atom is 0.143 e. The SMILES string of the molecule is OC[C@H](c1cc(Br)c(O)c(Br)c1)N1CCNCC1. The van der Waals surface area contributed by atoms with Crippen LogP contribution in [0.15, 0.2) is 21.1 Å². The van der Waals surface area contributed by atoms with E-state index >= 15 is 0 Å². The third kappa shape index (κ3) is 3.05. The van der Waals surface area contributed by atoms with Crippen LogP contribution >= 0.6 is 31.9 Å². The fourth-order valence-electron chi connectivity index (χ4n) is 2.20. The highest BCUT2D eigenvalue weighted by Crippen LogP contribution is 2.36. The van der Waals surface area contributed by atoms with Crippen LogP contribution in [0.4, 0.5) is 0 Å². The number of phenols is 1. The fraction of sp³-hybridized carbons (Fsp3) is 0.500. The van der Waals surface area contributed by atoms with Crippen molar-refractivity contribution in [2.75, 3.05) is 32.8 Å². The van der Waals surface area contributed by atoms with E-state index in [2.05, 4.69) is 42.1 Å². The largest absolute Gasteiger partial charge is 0.506 e. The molecule has 0 unspecified atom stereocenters. The van der Waals surface area contributed by atoms with Gasteiger partial charge in [-0.05, 0) is 49.6 Å². The van der Waals surface area contributed by atoms with E-state index < -0.39 is 0 Å². The van der Waals surface area contributed by atoms with Crippen LogP contribution in [0.2, 0.25) is 0 Å². The zero-order chi connectivity index (χ0) is 13.1. The average Bonchev–Trinajstić information content (AvgIpc) is 2.38. The van der Waals surface area contributed by atoms with Crippen molar-refractivity contribution in [3.05, 3.63) is 26.6 Å². The van der Waals surface area contributed by atoms with Crippen LogP contribution in [-0.4, -0.2) is 47.9 Å². The van der Waals surface area contributed by atoms with Gasteiger partial charge in [0.2, 0.25) is 0 Å². The maximum atomic E-state index is 9.72. The molecule has 0 amide bonds. The average molecular weight is 380 g/mol. The van der Waals surface area contributed by atoms with Gasteiger partial charge in [-0.3, -0.25) is 4.90 Å². The Kier molecular flexibility index (Phi) is 5.03. The predicted octanol–water partition coefficient (Wildman–Crippen LogP) is 1.86. The molecule has 0 spiro atoms. The number of piperazine rings is 1. The van der Waals surface area contributed by atoms with Gasteiger partial charge in [0.15, 0.2) is 0 Å². The Bertz CT molecular complexity index is 400. The highest BCUT2D eigenvalue weighted by atomic mass is 79.9. The van der Waals surface area contributed by atoms with Gasteiger partial charge in [0, 0.05) is 26.2 Å². The molecule has 3 N–H and O–H groups in total. The Morgan fingerprint density at radius 3 is 2.28 bits per heavy atom. The summed E-state index contributed by atoms with van der Waals surface area (Å²) in [5.41, 5.74) is 0.996. The van der Waals surface area contributed by atoms with E-state index in [0.717, 1.165) is 31.7 Å². The first-order chi connectivity index (χ1) is 8.63. The summed E-state index contributed by atoms with van der Waals surface area (Å²) >= 11 is 6.65. The second-order valence-electron chi connectivity index (χ2n) is 4.32. The number of rotatable bonds is 3. The number of aliphatic hydroxyl groups excluding tert-OH is 1. The number of hydrogen-bond donors (Lipinski definition) is 3. The van der Waals surface area contributed by atoms with Gasteiger partial charge in [-0.2, -0.15) is 0 Å². The maximum absolute atomic E-state index is 9.72. The van der Waals surface area contributed by atoms with E-state index in [-0.39, 0.29) is 18.4 Å². The monoisotopic (exact) mass is 378 g/mol. The number of nitrogens with zero attached hydrogens (tertiary/aromatic N) is 1. The summed E-state index contributed by atoms with van der Waals surface area (Å²) in [5, 5.41) is 22.6. The van der Waals surface area contributed by atoms with Gasteiger partial charge in [0.25, 0.3) is 0 Å². The smallest absolute Gasteiger partial charge is 0.143 e. The molecule has 1 aromatic carbocycles. The van der Waals surface area contributed by atoms with Gasteiger partial charge in [0.1, 0.15) is 5.75 Å². The standard InChI is InChI=1S/C12H16Br2N2O2/c13-9-5-8(6-10(14)12(9)18)11(7-17)16-3-1-15-2-4-16/h5-6,11,15,17-18H,1-4,7H2/t11-/m1/s1. The number of aliphatic hydroxyl groups is 1. The lowest BCUT2D eigenvalue weighted by Crippen LogP contribution is -2.46. The van der Waals surface area contributed by atoms with Crippen molar-refractivity contribution in [1.82, 2.24) is 10.2 Å². The number of benzene rings is 1. The van der Waals surface area contributed by atoms with E-state index in [1.54, 1.807) is 0 Å². The molecule has 1 saturated heterocycles. The number of hydrogen-bond acceptors (Lipinski definition) is 4. The molecular weight excluding hydrogens is 364 g/mol. The van der Waals surface area contributed by atoms with Gasteiger partial charge >= 0.3 is 0 Å². The fourth-order valence-corrected chi connectivity index (χ4v) is 3.42. The number of phenolic OH excluding ortho intramolecular Hbond substituents is 1. The van der Waals surface area contributed by atoms with Crippen LogP contribution in [0.3, 0.4) is 0 Å². The highest BCUT2D eigenvalue weighted by Gasteiger charge is 2.22. The molecule has 0 aromatic heterocycles. The Hall–Kier alpha value is -0.140. The van der Waals surface area contributed by atoms with Crippen LogP contribution < -0.4 is 5.32 Å². The van der Waals surface area contributed by atoms with Gasteiger partial charge in [-0.25, -0.2) is 0 Å². The predicted molar refractivity (Wildman–Crippen MR) is 77.8 cm³/mol. The van der Waals surface area contributed by atoms with E-state index in [4.69, 9.17) is 0 Å². The van der Waals surface area contributed by atoms with Crippen LogP contribution in [-0.2, 0) is 0 Å². The minimum absolute atomic E-state index is 0.0275. The quantitative estimate of drug-likeness (QED) is 0.750. The van der Waals surface area contributed by atoms with Gasteiger partial charge in [0.05, 0.1) is 21.6 Å². The second kappa shape index (κ2) is 6.34. The first kappa shape index (κ1) is 14.3. The van der Waals surface area contributed by atoms with Crippen molar-refractivity contribution < 1.29 is 10.2 Å². The summed E-state index contributed by atoms with van der Waals surface area (Å²) < 4.78 is 1.28. The van der Waals surface area contributed by atoms with Gasteiger partial charge in [-0.1, -0.05) is 0 Å². The van der Waals surface area contributed by atoms with E-state index in [1.807, 2.05) is 12.1 Å². The lowest BCUT2D eigenvalue weighted by Gasteiger charge is -2.34. The summed E-state index contributed by atoms with van der Waals surface area (Å²) in [6.45, 7) is 3.79. The number of aromatic hydroxyl groups is 1. The van der Waals surface area contributed by atoms with Gasteiger partial charge < -0.3 is 15.5 Å². The molecule has 1 fully saturated rings. The minimum Gasteiger partial charge on any atom is -0.506 e. The summed E-state index contributed by atoms with van der Waals surface area (Å²) in [5.74, 6) is 0.191. The van der Waals surface area contributed by atoms with Crippen LogP contribution in [0, 0.1) is 0 Å². The van der Waals surface area contributed by atoms with E-state index in [1.165, 1.54) is 0 Å². The molecule has 0 bridgehead atoms. The second-order valence-corrected chi connectivity index (χ2v) is 6.03. The van der Waals surface area contributed by atoms with Crippen LogP contribution in [0.25, 0.3) is 0 Å². The molecule has 0 aliphatic carbocycles. The van der Waals surface area contributed by atoms with Crippen LogP contribution in [0.1, 0.15) is 11.6 Å². The Morgan fingerprint density at radius 1 is 1.22 bits per heavy atom. The zero-order valence-electron chi connectivity index (χ0n) is 9.87. The summed E-state index contributed by atoms with van der Waals surface area (Å²) in [4.78, 5) is 2.25. The molecular formula is C12H16Br2N2O2. The van der Waals surface area contributed by atoms with Crippen LogP contribution in [0.5, 0.6) is 5.75 Å².